The van der Waals surface area contributed by atoms with Crippen LogP contribution < -0.4 is 10.6 Å². The van der Waals surface area contributed by atoms with Crippen LogP contribution in [-0.2, 0) is 11.2 Å². The van der Waals surface area contributed by atoms with E-state index in [0.29, 0.717) is 23.0 Å². The van der Waals surface area contributed by atoms with Gasteiger partial charge in [0.2, 0.25) is 0 Å². The van der Waals surface area contributed by atoms with Gasteiger partial charge >= 0.3 is 12.0 Å². The molecule has 0 saturated carbocycles. The highest BCUT2D eigenvalue weighted by atomic mass is 35.5. The van der Waals surface area contributed by atoms with Crippen LogP contribution in [0.4, 0.5) is 4.79 Å². The maximum atomic E-state index is 11.3. The number of benzene rings is 1. The van der Waals surface area contributed by atoms with E-state index in [1.54, 1.807) is 18.2 Å². The molecule has 0 radical (unpaired) electrons. The molecule has 5 nitrogen and oxygen atoms in total. The summed E-state index contributed by atoms with van der Waals surface area (Å²) in [5, 5.41) is 14.6. The first-order valence-electron chi connectivity index (χ1n) is 5.66. The van der Waals surface area contributed by atoms with Gasteiger partial charge < -0.3 is 15.7 Å². The van der Waals surface area contributed by atoms with Crippen LogP contribution in [0.5, 0.6) is 0 Å². The van der Waals surface area contributed by atoms with Crippen molar-refractivity contribution in [3.8, 4) is 0 Å². The summed E-state index contributed by atoms with van der Waals surface area (Å²) in [5.41, 5.74) is 0.886. The molecule has 1 rings (SSSR count). The lowest BCUT2D eigenvalue weighted by molar-refractivity contribution is -0.136. The number of rotatable bonds is 6. The summed E-state index contributed by atoms with van der Waals surface area (Å²) in [6, 6.07) is 4.78. The first kappa shape index (κ1) is 15.6. The number of halogens is 2. The molecular weight excluding hydrogens is 291 g/mol. The number of carboxylic acids is 1. The molecule has 0 atom stereocenters. The van der Waals surface area contributed by atoms with E-state index < -0.39 is 12.0 Å². The molecule has 19 heavy (non-hydrogen) atoms. The van der Waals surface area contributed by atoms with E-state index in [1.165, 1.54) is 0 Å². The molecule has 2 amide bonds. The Hall–Kier alpha value is -1.46. The Morgan fingerprint density at radius 3 is 2.47 bits per heavy atom. The van der Waals surface area contributed by atoms with Crippen LogP contribution in [-0.4, -0.2) is 30.2 Å². The van der Waals surface area contributed by atoms with Gasteiger partial charge in [-0.15, -0.1) is 0 Å². The van der Waals surface area contributed by atoms with E-state index in [2.05, 4.69) is 10.6 Å². The largest absolute Gasteiger partial charge is 0.481 e. The molecule has 0 bridgehead atoms. The normalized spacial score (nSPS) is 10.0. The highest BCUT2D eigenvalue weighted by Crippen LogP contribution is 2.20. The predicted molar refractivity (Wildman–Crippen MR) is 73.8 cm³/mol. The Labute approximate surface area is 120 Å². The topological polar surface area (TPSA) is 78.4 Å². The highest BCUT2D eigenvalue weighted by molar-refractivity contribution is 6.35. The molecule has 1 aromatic rings. The van der Waals surface area contributed by atoms with Gasteiger partial charge in [0.15, 0.2) is 0 Å². The predicted octanol–water partition coefficient (Wildman–Crippen LogP) is 2.31. The highest BCUT2D eigenvalue weighted by Gasteiger charge is 2.04. The van der Waals surface area contributed by atoms with Crippen LogP contribution in [0, 0.1) is 0 Å². The Kier molecular flexibility index (Phi) is 6.45. The quantitative estimate of drug-likeness (QED) is 0.754. The molecule has 0 aliphatic heterocycles. The van der Waals surface area contributed by atoms with E-state index in [0.717, 1.165) is 5.56 Å². The van der Waals surface area contributed by atoms with Crippen LogP contribution >= 0.6 is 23.2 Å². The summed E-state index contributed by atoms with van der Waals surface area (Å²) in [6.45, 7) is 0.503. The fourth-order valence-corrected chi connectivity index (χ4v) is 1.88. The van der Waals surface area contributed by atoms with Crippen molar-refractivity contribution < 1.29 is 14.7 Å². The van der Waals surface area contributed by atoms with Crippen molar-refractivity contribution in [2.45, 2.75) is 12.8 Å². The van der Waals surface area contributed by atoms with Crippen molar-refractivity contribution in [1.29, 1.82) is 0 Å². The summed E-state index contributed by atoms with van der Waals surface area (Å²) >= 11 is 11.8. The maximum absolute atomic E-state index is 11.3. The molecule has 0 heterocycles. The summed E-state index contributed by atoms with van der Waals surface area (Å²) in [5.74, 6) is -0.951. The van der Waals surface area contributed by atoms with Crippen molar-refractivity contribution in [3.05, 3.63) is 33.8 Å². The lowest BCUT2D eigenvalue weighted by Crippen LogP contribution is -2.37. The molecule has 0 aromatic heterocycles. The number of carbonyl (C=O) groups excluding carboxylic acids is 1. The maximum Gasteiger partial charge on any atom is 0.314 e. The van der Waals surface area contributed by atoms with Gasteiger partial charge in [0.05, 0.1) is 6.42 Å². The second kappa shape index (κ2) is 7.86. The zero-order valence-electron chi connectivity index (χ0n) is 10.1. The third-order valence-electron chi connectivity index (χ3n) is 2.32. The van der Waals surface area contributed by atoms with Gasteiger partial charge in [-0.2, -0.15) is 0 Å². The fraction of sp³-hybridized carbons (Fsp3) is 0.333. The van der Waals surface area contributed by atoms with E-state index in [9.17, 15) is 9.59 Å². The smallest absolute Gasteiger partial charge is 0.314 e. The molecule has 0 aliphatic rings. The van der Waals surface area contributed by atoms with E-state index in [-0.39, 0.29) is 13.0 Å². The Bertz CT molecular complexity index is 466. The number of hydrogen-bond donors (Lipinski definition) is 3. The van der Waals surface area contributed by atoms with Gasteiger partial charge in [-0.1, -0.05) is 29.3 Å². The van der Waals surface area contributed by atoms with Gasteiger partial charge in [-0.25, -0.2) is 4.79 Å². The summed E-state index contributed by atoms with van der Waals surface area (Å²) in [6.07, 6.45) is 0.471. The minimum atomic E-state index is -0.951. The molecule has 0 fully saturated rings. The summed E-state index contributed by atoms with van der Waals surface area (Å²) in [4.78, 5) is 21.5. The number of amides is 2. The minimum absolute atomic E-state index is 0.100. The number of hydrogen-bond acceptors (Lipinski definition) is 2. The first-order chi connectivity index (χ1) is 8.99. The van der Waals surface area contributed by atoms with Crippen LogP contribution in [0.15, 0.2) is 18.2 Å². The second-order valence-electron chi connectivity index (χ2n) is 3.81. The summed E-state index contributed by atoms with van der Waals surface area (Å²) in [7, 11) is 0. The fourth-order valence-electron chi connectivity index (χ4n) is 1.38. The average Bonchev–Trinajstić information content (AvgIpc) is 2.31. The van der Waals surface area contributed by atoms with Crippen LogP contribution in [0.25, 0.3) is 0 Å². The molecular formula is C12H14Cl2N2O3. The summed E-state index contributed by atoms with van der Waals surface area (Å²) < 4.78 is 0. The van der Waals surface area contributed by atoms with Crippen molar-refractivity contribution in [3.63, 3.8) is 0 Å². The number of nitrogens with one attached hydrogen (secondary N) is 2. The van der Waals surface area contributed by atoms with Gasteiger partial charge in [0.1, 0.15) is 0 Å². The van der Waals surface area contributed by atoms with Crippen molar-refractivity contribution in [1.82, 2.24) is 10.6 Å². The lowest BCUT2D eigenvalue weighted by atomic mass is 10.1. The first-order valence-corrected chi connectivity index (χ1v) is 6.42. The Morgan fingerprint density at radius 1 is 1.16 bits per heavy atom. The minimum Gasteiger partial charge on any atom is -0.481 e. The van der Waals surface area contributed by atoms with E-state index >= 15 is 0 Å². The van der Waals surface area contributed by atoms with Gasteiger partial charge in [0, 0.05) is 23.1 Å². The molecule has 1 aromatic carbocycles. The number of carbonyl (C=O) groups is 2. The Balaban J connectivity index is 2.26. The number of carboxylic acid groups (broad SMARTS) is 1. The van der Waals surface area contributed by atoms with Gasteiger partial charge in [-0.05, 0) is 24.1 Å². The molecule has 0 unspecified atom stereocenters. The van der Waals surface area contributed by atoms with Crippen molar-refractivity contribution >= 4 is 35.2 Å². The third-order valence-corrected chi connectivity index (χ3v) is 2.91. The molecule has 0 saturated heterocycles. The molecule has 104 valence electrons. The van der Waals surface area contributed by atoms with E-state index in [4.69, 9.17) is 28.3 Å². The Morgan fingerprint density at radius 2 is 1.84 bits per heavy atom. The molecule has 7 heteroatoms. The zero-order valence-corrected chi connectivity index (χ0v) is 11.6. The van der Waals surface area contributed by atoms with Crippen molar-refractivity contribution in [2.75, 3.05) is 13.1 Å². The second-order valence-corrected chi connectivity index (χ2v) is 4.66. The number of aliphatic carboxylic acids is 1. The average molecular weight is 305 g/mol. The zero-order chi connectivity index (χ0) is 14.3. The molecule has 0 spiro atoms. The number of urea groups is 1. The van der Waals surface area contributed by atoms with Crippen LogP contribution in [0.1, 0.15) is 12.0 Å². The van der Waals surface area contributed by atoms with Gasteiger partial charge in [-0.3, -0.25) is 4.79 Å². The van der Waals surface area contributed by atoms with Gasteiger partial charge in [0.25, 0.3) is 0 Å². The lowest BCUT2D eigenvalue weighted by Gasteiger charge is -2.08. The molecule has 3 N–H and O–H groups in total. The monoisotopic (exact) mass is 304 g/mol. The van der Waals surface area contributed by atoms with E-state index in [1.807, 2.05) is 0 Å². The standard InChI is InChI=1S/C12H14Cl2N2O3/c13-9-2-1-8(10(14)7-9)3-5-15-12(19)16-6-4-11(17)18/h1-2,7H,3-6H2,(H,17,18)(H2,15,16,19). The third kappa shape index (κ3) is 6.31. The van der Waals surface area contributed by atoms with Crippen LogP contribution in [0.3, 0.4) is 0 Å². The SMILES string of the molecule is O=C(O)CCNC(=O)NCCc1ccc(Cl)cc1Cl. The molecule has 0 aliphatic carbocycles. The van der Waals surface area contributed by atoms with Crippen LogP contribution in [0.2, 0.25) is 10.0 Å². The van der Waals surface area contributed by atoms with Crippen molar-refractivity contribution in [2.24, 2.45) is 0 Å².